The number of hydrogen-bond acceptors (Lipinski definition) is 2. The van der Waals surface area contributed by atoms with Crippen LogP contribution in [0, 0.1) is 5.82 Å². The van der Waals surface area contributed by atoms with Crippen molar-refractivity contribution in [1.82, 2.24) is 5.32 Å². The van der Waals surface area contributed by atoms with Gasteiger partial charge in [-0.05, 0) is 49.2 Å². The van der Waals surface area contributed by atoms with Gasteiger partial charge in [-0.2, -0.15) is 0 Å². The van der Waals surface area contributed by atoms with E-state index in [0.29, 0.717) is 18.5 Å². The van der Waals surface area contributed by atoms with Crippen LogP contribution in [0.3, 0.4) is 0 Å². The van der Waals surface area contributed by atoms with Crippen molar-refractivity contribution in [3.63, 3.8) is 0 Å². The van der Waals surface area contributed by atoms with Gasteiger partial charge >= 0.3 is 0 Å². The fourth-order valence-corrected chi connectivity index (χ4v) is 2.25. The average Bonchev–Trinajstić information content (AvgIpc) is 2.48. The zero-order valence-corrected chi connectivity index (χ0v) is 12.0. The molecule has 1 amide bonds. The van der Waals surface area contributed by atoms with Gasteiger partial charge in [-0.3, -0.25) is 4.79 Å². The van der Waals surface area contributed by atoms with Crippen LogP contribution in [0.1, 0.15) is 34.5 Å². The van der Waals surface area contributed by atoms with Gasteiger partial charge in [0.25, 0.3) is 5.91 Å². The van der Waals surface area contributed by atoms with Crippen molar-refractivity contribution in [3.8, 4) is 0 Å². The number of carbonyl (C=O) groups is 1. The first-order valence-electron chi connectivity index (χ1n) is 6.96. The molecule has 3 N–H and O–H groups in total. The summed E-state index contributed by atoms with van der Waals surface area (Å²) in [5, 5.41) is 2.89. The van der Waals surface area contributed by atoms with E-state index in [1.165, 1.54) is 12.1 Å². The van der Waals surface area contributed by atoms with E-state index in [-0.39, 0.29) is 17.8 Å². The summed E-state index contributed by atoms with van der Waals surface area (Å²) < 4.78 is 13.2. The Hall–Kier alpha value is -2.20. The molecule has 0 spiro atoms. The van der Waals surface area contributed by atoms with Crippen molar-refractivity contribution in [2.75, 3.05) is 6.54 Å². The van der Waals surface area contributed by atoms with Gasteiger partial charge in [0.05, 0.1) is 6.04 Å². The average molecular weight is 286 g/mol. The minimum absolute atomic E-state index is 0.171. The lowest BCUT2D eigenvalue weighted by Gasteiger charge is -2.16. The first-order valence-corrected chi connectivity index (χ1v) is 6.96. The molecule has 0 saturated heterocycles. The molecule has 4 heteroatoms. The third-order valence-electron chi connectivity index (χ3n) is 3.37. The Morgan fingerprint density at radius 3 is 2.71 bits per heavy atom. The van der Waals surface area contributed by atoms with Crippen LogP contribution in [0.15, 0.2) is 48.5 Å². The minimum atomic E-state index is -0.308. The number of nitrogens with one attached hydrogen (secondary N) is 1. The van der Waals surface area contributed by atoms with E-state index in [9.17, 15) is 9.18 Å². The third kappa shape index (κ3) is 3.89. The van der Waals surface area contributed by atoms with E-state index < -0.39 is 0 Å². The van der Waals surface area contributed by atoms with Crippen LogP contribution in [-0.4, -0.2) is 12.5 Å². The Balaban J connectivity index is 2.14. The molecule has 0 fully saturated rings. The number of hydrogen-bond donors (Lipinski definition) is 2. The molecule has 110 valence electrons. The van der Waals surface area contributed by atoms with E-state index in [4.69, 9.17) is 5.73 Å². The Bertz CT molecular complexity index is 628. The van der Waals surface area contributed by atoms with Crippen LogP contribution in [0.5, 0.6) is 0 Å². The van der Waals surface area contributed by atoms with Gasteiger partial charge in [-0.1, -0.05) is 30.3 Å². The number of benzene rings is 2. The van der Waals surface area contributed by atoms with E-state index >= 15 is 0 Å². The summed E-state index contributed by atoms with van der Waals surface area (Å²) in [6.07, 6.45) is 0.651. The Morgan fingerprint density at radius 2 is 2.00 bits per heavy atom. The van der Waals surface area contributed by atoms with Gasteiger partial charge < -0.3 is 11.1 Å². The number of amides is 1. The number of rotatable bonds is 5. The number of halogens is 1. The van der Waals surface area contributed by atoms with Crippen molar-refractivity contribution in [3.05, 3.63) is 71.0 Å². The first-order chi connectivity index (χ1) is 10.1. The zero-order valence-electron chi connectivity index (χ0n) is 12.0. The fraction of sp³-hybridized carbons (Fsp3) is 0.235. The molecule has 0 heterocycles. The summed E-state index contributed by atoms with van der Waals surface area (Å²) in [7, 11) is 0. The molecule has 0 radical (unpaired) electrons. The molecule has 2 aromatic carbocycles. The monoisotopic (exact) mass is 286 g/mol. The second kappa shape index (κ2) is 6.99. The van der Waals surface area contributed by atoms with Crippen molar-refractivity contribution >= 4 is 5.91 Å². The van der Waals surface area contributed by atoms with Crippen molar-refractivity contribution in [2.45, 2.75) is 19.4 Å². The van der Waals surface area contributed by atoms with Crippen LogP contribution in [0.2, 0.25) is 0 Å². The normalized spacial score (nSPS) is 12.0. The van der Waals surface area contributed by atoms with Crippen LogP contribution in [0.4, 0.5) is 4.39 Å². The van der Waals surface area contributed by atoms with Crippen molar-refractivity contribution < 1.29 is 9.18 Å². The molecule has 2 rings (SSSR count). The summed E-state index contributed by atoms with van der Waals surface area (Å²) in [5.41, 5.74) is 7.84. The summed E-state index contributed by atoms with van der Waals surface area (Å²) in [6, 6.07) is 13.4. The van der Waals surface area contributed by atoms with E-state index in [1.807, 2.05) is 25.1 Å². The lowest BCUT2D eigenvalue weighted by molar-refractivity contribution is 0.0939. The van der Waals surface area contributed by atoms with Crippen LogP contribution in [0.25, 0.3) is 0 Å². The largest absolute Gasteiger partial charge is 0.346 e. The number of nitrogens with two attached hydrogens (primary N) is 1. The van der Waals surface area contributed by atoms with Crippen LogP contribution in [-0.2, 0) is 6.42 Å². The van der Waals surface area contributed by atoms with E-state index in [0.717, 1.165) is 11.1 Å². The van der Waals surface area contributed by atoms with Crippen LogP contribution >= 0.6 is 0 Å². The predicted octanol–water partition coefficient (Wildman–Crippen LogP) is 2.82. The molecule has 0 aliphatic rings. The Morgan fingerprint density at radius 1 is 1.24 bits per heavy atom. The second-order valence-electron chi connectivity index (χ2n) is 4.95. The standard InChI is InChI=1S/C17H19FN2O/c1-12(14-6-4-7-15(18)11-14)20-17(21)16-8-3-2-5-13(16)9-10-19/h2-8,11-12H,9-10,19H2,1H3,(H,20,21)/t12-/m0/s1. The lowest BCUT2D eigenvalue weighted by atomic mass is 10.0. The molecule has 1 atom stereocenters. The molecule has 0 unspecified atom stereocenters. The first kappa shape index (κ1) is 15.2. The SMILES string of the molecule is C[C@H](NC(=O)c1ccccc1CCN)c1cccc(F)c1. The van der Waals surface area contributed by atoms with Crippen molar-refractivity contribution in [1.29, 1.82) is 0 Å². The van der Waals surface area contributed by atoms with Gasteiger partial charge in [-0.15, -0.1) is 0 Å². The molecule has 21 heavy (non-hydrogen) atoms. The van der Waals surface area contributed by atoms with Crippen molar-refractivity contribution in [2.24, 2.45) is 5.73 Å². The fourth-order valence-electron chi connectivity index (χ4n) is 2.25. The van der Waals surface area contributed by atoms with Gasteiger partial charge in [0.15, 0.2) is 0 Å². The van der Waals surface area contributed by atoms with Crippen LogP contribution < -0.4 is 11.1 Å². The molecular formula is C17H19FN2O. The molecule has 0 saturated carbocycles. The highest BCUT2D eigenvalue weighted by Gasteiger charge is 2.14. The maximum Gasteiger partial charge on any atom is 0.252 e. The Kier molecular flexibility index (Phi) is 5.06. The Labute approximate surface area is 124 Å². The van der Waals surface area contributed by atoms with Gasteiger partial charge in [0, 0.05) is 5.56 Å². The van der Waals surface area contributed by atoms with E-state index in [1.54, 1.807) is 18.2 Å². The smallest absolute Gasteiger partial charge is 0.252 e. The van der Waals surface area contributed by atoms with E-state index in [2.05, 4.69) is 5.32 Å². The zero-order chi connectivity index (χ0) is 15.2. The molecular weight excluding hydrogens is 267 g/mol. The molecule has 0 aliphatic carbocycles. The molecule has 0 aromatic heterocycles. The highest BCUT2D eigenvalue weighted by Crippen LogP contribution is 2.16. The quantitative estimate of drug-likeness (QED) is 0.888. The maximum atomic E-state index is 13.2. The molecule has 3 nitrogen and oxygen atoms in total. The predicted molar refractivity (Wildman–Crippen MR) is 81.5 cm³/mol. The maximum absolute atomic E-state index is 13.2. The number of carbonyl (C=O) groups excluding carboxylic acids is 1. The summed E-state index contributed by atoms with van der Waals surface area (Å²) in [6.45, 7) is 2.32. The van der Waals surface area contributed by atoms with Gasteiger partial charge in [-0.25, -0.2) is 4.39 Å². The lowest BCUT2D eigenvalue weighted by Crippen LogP contribution is -2.28. The van der Waals surface area contributed by atoms with Gasteiger partial charge in [0.2, 0.25) is 0 Å². The molecule has 2 aromatic rings. The highest BCUT2D eigenvalue weighted by molar-refractivity contribution is 5.95. The second-order valence-corrected chi connectivity index (χ2v) is 4.95. The summed E-state index contributed by atoms with van der Waals surface area (Å²) >= 11 is 0. The van der Waals surface area contributed by atoms with Gasteiger partial charge in [0.1, 0.15) is 5.82 Å². The highest BCUT2D eigenvalue weighted by atomic mass is 19.1. The molecule has 0 bridgehead atoms. The third-order valence-corrected chi connectivity index (χ3v) is 3.37. The topological polar surface area (TPSA) is 55.1 Å². The minimum Gasteiger partial charge on any atom is -0.346 e. The summed E-state index contributed by atoms with van der Waals surface area (Å²) in [4.78, 5) is 12.4. The summed E-state index contributed by atoms with van der Waals surface area (Å²) in [5.74, 6) is -0.479. The molecule has 0 aliphatic heterocycles.